The number of benzene rings is 1. The van der Waals surface area contributed by atoms with Crippen molar-refractivity contribution in [3.63, 3.8) is 0 Å². The van der Waals surface area contributed by atoms with Crippen molar-refractivity contribution in [1.82, 2.24) is 19.2 Å². The van der Waals surface area contributed by atoms with Crippen LogP contribution in [-0.4, -0.2) is 31.7 Å². The average molecular weight is 364 g/mol. The highest BCUT2D eigenvalue weighted by atomic mass is 16.5. The molecule has 1 atom stereocenters. The topological polar surface area (TPSA) is 52.3 Å². The van der Waals surface area contributed by atoms with Crippen molar-refractivity contribution in [2.24, 2.45) is 7.05 Å². The Morgan fingerprint density at radius 3 is 2.74 bits per heavy atom. The van der Waals surface area contributed by atoms with Crippen LogP contribution in [0.3, 0.4) is 0 Å². The Morgan fingerprint density at radius 1 is 1.26 bits per heavy atom. The molecular weight excluding hydrogens is 340 g/mol. The highest BCUT2D eigenvalue weighted by Crippen LogP contribution is 2.26. The van der Waals surface area contributed by atoms with Crippen molar-refractivity contribution in [1.29, 1.82) is 0 Å². The van der Waals surface area contributed by atoms with Crippen molar-refractivity contribution < 1.29 is 9.53 Å². The lowest BCUT2D eigenvalue weighted by Gasteiger charge is -2.31. The van der Waals surface area contributed by atoms with Crippen LogP contribution in [0.2, 0.25) is 0 Å². The van der Waals surface area contributed by atoms with Crippen LogP contribution in [0.1, 0.15) is 40.3 Å². The molecule has 1 amide bonds. The molecule has 0 saturated carbocycles. The van der Waals surface area contributed by atoms with Crippen LogP contribution in [0.5, 0.6) is 5.88 Å². The monoisotopic (exact) mass is 364 g/mol. The molecule has 1 aliphatic rings. The van der Waals surface area contributed by atoms with E-state index in [2.05, 4.69) is 12.0 Å². The first kappa shape index (κ1) is 17.4. The van der Waals surface area contributed by atoms with Gasteiger partial charge in [-0.25, -0.2) is 0 Å². The second kappa shape index (κ2) is 6.95. The number of fused-ring (bicyclic) bond motifs is 1. The molecule has 6 nitrogen and oxygen atoms in total. The van der Waals surface area contributed by atoms with E-state index in [1.165, 1.54) is 0 Å². The van der Waals surface area contributed by atoms with Gasteiger partial charge in [0.1, 0.15) is 6.61 Å². The number of amides is 1. The van der Waals surface area contributed by atoms with Crippen molar-refractivity contribution in [3.8, 4) is 5.88 Å². The molecule has 27 heavy (non-hydrogen) atoms. The molecule has 140 valence electrons. The first-order valence-corrected chi connectivity index (χ1v) is 9.18. The molecule has 1 aliphatic heterocycles. The van der Waals surface area contributed by atoms with Crippen molar-refractivity contribution >= 4 is 5.91 Å². The first-order valence-electron chi connectivity index (χ1n) is 9.18. The van der Waals surface area contributed by atoms with Crippen molar-refractivity contribution in [3.05, 3.63) is 71.2 Å². The standard InChI is InChI=1S/C21H24N4O2/c1-15-9-18(12-23(15)3)21(26)24-11-16(2)25-19(13-24)10-20(22-25)27-14-17-7-5-4-6-8-17/h4-10,12,16H,11,13-14H2,1-3H3/t16-/m0/s1. The second-order valence-electron chi connectivity index (χ2n) is 7.21. The number of aromatic nitrogens is 3. The van der Waals surface area contributed by atoms with Crippen LogP contribution in [0, 0.1) is 6.92 Å². The van der Waals surface area contributed by atoms with E-state index in [-0.39, 0.29) is 11.9 Å². The highest BCUT2D eigenvalue weighted by Gasteiger charge is 2.28. The third-order valence-corrected chi connectivity index (χ3v) is 5.06. The van der Waals surface area contributed by atoms with Gasteiger partial charge in [-0.15, -0.1) is 5.10 Å². The molecular formula is C21H24N4O2. The van der Waals surface area contributed by atoms with Gasteiger partial charge in [-0.3, -0.25) is 9.48 Å². The predicted octanol–water partition coefficient (Wildman–Crippen LogP) is 3.33. The molecule has 4 rings (SSSR count). The number of carbonyl (C=O) groups is 1. The van der Waals surface area contributed by atoms with Gasteiger partial charge in [-0.05, 0) is 25.5 Å². The summed E-state index contributed by atoms with van der Waals surface area (Å²) in [6, 6.07) is 14.0. The number of nitrogens with zero attached hydrogens (tertiary/aromatic N) is 4. The third-order valence-electron chi connectivity index (χ3n) is 5.06. The summed E-state index contributed by atoms with van der Waals surface area (Å²) in [4.78, 5) is 14.8. The Morgan fingerprint density at radius 2 is 2.04 bits per heavy atom. The quantitative estimate of drug-likeness (QED) is 0.714. The fourth-order valence-corrected chi connectivity index (χ4v) is 3.49. The number of carbonyl (C=O) groups excluding carboxylic acids is 1. The van der Waals surface area contributed by atoms with Crippen LogP contribution in [0.15, 0.2) is 48.7 Å². The molecule has 6 heteroatoms. The zero-order valence-corrected chi connectivity index (χ0v) is 15.9. The van der Waals surface area contributed by atoms with Crippen LogP contribution >= 0.6 is 0 Å². The fourth-order valence-electron chi connectivity index (χ4n) is 3.49. The minimum absolute atomic E-state index is 0.0600. The Hall–Kier alpha value is -3.02. The maximum absolute atomic E-state index is 12.9. The maximum atomic E-state index is 12.9. The lowest BCUT2D eigenvalue weighted by Crippen LogP contribution is -2.40. The minimum Gasteiger partial charge on any atom is -0.472 e. The summed E-state index contributed by atoms with van der Waals surface area (Å²) in [7, 11) is 1.95. The number of rotatable bonds is 4. The van der Waals surface area contributed by atoms with Crippen LogP contribution in [0.25, 0.3) is 0 Å². The first-order chi connectivity index (χ1) is 13.0. The minimum atomic E-state index is 0.0600. The van der Waals surface area contributed by atoms with Crippen LogP contribution in [0.4, 0.5) is 0 Å². The summed E-state index contributed by atoms with van der Waals surface area (Å²) in [6.45, 7) is 5.74. The average Bonchev–Trinajstić information content (AvgIpc) is 3.24. The van der Waals surface area contributed by atoms with Gasteiger partial charge in [0.2, 0.25) is 5.88 Å². The largest absolute Gasteiger partial charge is 0.472 e. The molecule has 0 bridgehead atoms. The number of hydrogen-bond acceptors (Lipinski definition) is 3. The second-order valence-corrected chi connectivity index (χ2v) is 7.21. The summed E-state index contributed by atoms with van der Waals surface area (Å²) < 4.78 is 9.80. The van der Waals surface area contributed by atoms with Gasteiger partial charge in [0.05, 0.1) is 23.8 Å². The van der Waals surface area contributed by atoms with Gasteiger partial charge in [0.15, 0.2) is 0 Å². The lowest BCUT2D eigenvalue weighted by atomic mass is 10.2. The number of aryl methyl sites for hydroxylation is 2. The smallest absolute Gasteiger partial charge is 0.255 e. The summed E-state index contributed by atoms with van der Waals surface area (Å²) in [5.74, 6) is 0.662. The summed E-state index contributed by atoms with van der Waals surface area (Å²) in [5, 5.41) is 4.58. The summed E-state index contributed by atoms with van der Waals surface area (Å²) in [6.07, 6.45) is 1.89. The summed E-state index contributed by atoms with van der Waals surface area (Å²) >= 11 is 0. The number of hydrogen-bond donors (Lipinski definition) is 0. The Labute approximate surface area is 159 Å². The van der Waals surface area contributed by atoms with Gasteiger partial charge < -0.3 is 14.2 Å². The highest BCUT2D eigenvalue weighted by molar-refractivity contribution is 5.94. The molecule has 0 saturated heterocycles. The SMILES string of the molecule is Cc1cc(C(=O)N2Cc3cc(OCc4ccccc4)nn3[C@@H](C)C2)cn1C. The van der Waals surface area contributed by atoms with Crippen LogP contribution < -0.4 is 4.74 Å². The Balaban J connectivity index is 1.48. The summed E-state index contributed by atoms with van der Waals surface area (Å²) in [5.41, 5.74) is 3.91. The number of ether oxygens (including phenoxy) is 1. The molecule has 0 spiro atoms. The van der Waals surface area contributed by atoms with E-state index in [1.54, 1.807) is 0 Å². The molecule has 1 aromatic carbocycles. The van der Waals surface area contributed by atoms with Crippen LogP contribution in [-0.2, 0) is 20.2 Å². The maximum Gasteiger partial charge on any atom is 0.255 e. The molecule has 0 radical (unpaired) electrons. The Bertz CT molecular complexity index is 938. The Kier molecular flexibility index (Phi) is 4.48. The molecule has 0 fully saturated rings. The molecule has 0 N–H and O–H groups in total. The molecule has 3 heterocycles. The van der Waals surface area contributed by atoms with E-state index in [9.17, 15) is 4.79 Å². The van der Waals surface area contributed by atoms with Crippen molar-refractivity contribution in [2.75, 3.05) is 6.54 Å². The zero-order valence-electron chi connectivity index (χ0n) is 15.9. The van der Waals surface area contributed by atoms with Gasteiger partial charge in [0, 0.05) is 31.5 Å². The zero-order chi connectivity index (χ0) is 19.0. The van der Waals surface area contributed by atoms with Gasteiger partial charge >= 0.3 is 0 Å². The van der Waals surface area contributed by atoms with E-state index in [0.29, 0.717) is 25.6 Å². The molecule has 0 aliphatic carbocycles. The van der Waals surface area contributed by atoms with E-state index in [0.717, 1.165) is 22.5 Å². The molecule has 2 aromatic heterocycles. The van der Waals surface area contributed by atoms with Crippen molar-refractivity contribution in [2.45, 2.75) is 33.0 Å². The van der Waals surface area contributed by atoms with E-state index in [4.69, 9.17) is 4.74 Å². The van der Waals surface area contributed by atoms with Gasteiger partial charge in [-0.2, -0.15) is 0 Å². The molecule has 3 aromatic rings. The van der Waals surface area contributed by atoms with E-state index >= 15 is 0 Å². The molecule has 0 unspecified atom stereocenters. The van der Waals surface area contributed by atoms with Gasteiger partial charge in [-0.1, -0.05) is 30.3 Å². The third kappa shape index (κ3) is 3.47. The normalized spacial score (nSPS) is 16.3. The van der Waals surface area contributed by atoms with Gasteiger partial charge in [0.25, 0.3) is 5.91 Å². The van der Waals surface area contributed by atoms with E-state index in [1.807, 2.05) is 76.8 Å². The van der Waals surface area contributed by atoms with E-state index < -0.39 is 0 Å². The lowest BCUT2D eigenvalue weighted by molar-refractivity contribution is 0.0677. The predicted molar refractivity (Wildman–Crippen MR) is 103 cm³/mol. The fraction of sp³-hybridized carbons (Fsp3) is 0.333.